The number of amides is 2. The van der Waals surface area contributed by atoms with Crippen molar-refractivity contribution in [1.82, 2.24) is 10.6 Å². The van der Waals surface area contributed by atoms with Crippen molar-refractivity contribution in [2.75, 3.05) is 56.2 Å². The van der Waals surface area contributed by atoms with Crippen molar-refractivity contribution in [2.45, 2.75) is 12.7 Å². The Hall–Kier alpha value is -2.94. The molecule has 168 valence electrons. The SMILES string of the molecule is CN(CCNC(=O)NCc1ccc(N2CCOCC2)cc1C(F)(F)F)c1ccccc1. The summed E-state index contributed by atoms with van der Waals surface area (Å²) >= 11 is 0. The number of morpholine rings is 1. The lowest BCUT2D eigenvalue weighted by molar-refractivity contribution is -0.138. The second kappa shape index (κ2) is 10.4. The van der Waals surface area contributed by atoms with E-state index in [0.29, 0.717) is 45.1 Å². The first-order valence-electron chi connectivity index (χ1n) is 10.2. The van der Waals surface area contributed by atoms with Crippen LogP contribution in [0.15, 0.2) is 48.5 Å². The Morgan fingerprint density at radius 1 is 1.10 bits per heavy atom. The molecule has 2 aromatic carbocycles. The Morgan fingerprint density at radius 3 is 2.48 bits per heavy atom. The van der Waals surface area contributed by atoms with Crippen LogP contribution >= 0.6 is 0 Å². The van der Waals surface area contributed by atoms with Gasteiger partial charge in [-0.15, -0.1) is 0 Å². The van der Waals surface area contributed by atoms with Crippen molar-refractivity contribution in [3.63, 3.8) is 0 Å². The zero-order valence-electron chi connectivity index (χ0n) is 17.4. The fraction of sp³-hybridized carbons (Fsp3) is 0.409. The molecule has 1 aliphatic rings. The van der Waals surface area contributed by atoms with Gasteiger partial charge in [-0.05, 0) is 29.8 Å². The van der Waals surface area contributed by atoms with Crippen LogP contribution in [0.4, 0.5) is 29.3 Å². The maximum Gasteiger partial charge on any atom is 0.416 e. The number of nitrogens with one attached hydrogen (secondary N) is 2. The molecule has 0 unspecified atom stereocenters. The summed E-state index contributed by atoms with van der Waals surface area (Å²) in [7, 11) is 1.90. The number of urea groups is 1. The highest BCUT2D eigenvalue weighted by Gasteiger charge is 2.34. The van der Waals surface area contributed by atoms with E-state index in [1.807, 2.05) is 47.2 Å². The molecule has 1 fully saturated rings. The van der Waals surface area contributed by atoms with Gasteiger partial charge in [0, 0.05) is 51.1 Å². The van der Waals surface area contributed by atoms with Gasteiger partial charge in [-0.1, -0.05) is 24.3 Å². The molecule has 0 saturated carbocycles. The minimum Gasteiger partial charge on any atom is -0.378 e. The Morgan fingerprint density at radius 2 is 1.81 bits per heavy atom. The number of para-hydroxylation sites is 1. The lowest BCUT2D eigenvalue weighted by atomic mass is 10.1. The normalized spacial score (nSPS) is 14.3. The maximum absolute atomic E-state index is 13.6. The first-order chi connectivity index (χ1) is 14.8. The standard InChI is InChI=1S/C22H27F3N4O2/c1-28(18-5-3-2-4-6-18)10-9-26-21(30)27-16-17-7-8-19(15-20(17)22(23,24)25)29-11-13-31-14-12-29/h2-8,15H,9-14,16H2,1H3,(H2,26,27,30). The highest BCUT2D eigenvalue weighted by molar-refractivity contribution is 5.74. The van der Waals surface area contributed by atoms with Crippen LogP contribution in [0.1, 0.15) is 11.1 Å². The molecule has 31 heavy (non-hydrogen) atoms. The molecule has 6 nitrogen and oxygen atoms in total. The molecule has 0 aliphatic carbocycles. The van der Waals surface area contributed by atoms with E-state index < -0.39 is 17.8 Å². The molecule has 0 atom stereocenters. The Bertz CT molecular complexity index is 856. The molecule has 2 aromatic rings. The van der Waals surface area contributed by atoms with Crippen LogP contribution in [0.2, 0.25) is 0 Å². The summed E-state index contributed by atoms with van der Waals surface area (Å²) in [5.41, 5.74) is 0.814. The van der Waals surface area contributed by atoms with Crippen LogP contribution in [0.3, 0.4) is 0 Å². The number of carbonyl (C=O) groups is 1. The molecule has 0 radical (unpaired) electrons. The molecule has 0 bridgehead atoms. The van der Waals surface area contributed by atoms with Gasteiger partial charge < -0.3 is 25.2 Å². The summed E-state index contributed by atoms with van der Waals surface area (Å²) in [6.07, 6.45) is -4.51. The van der Waals surface area contributed by atoms with Crippen molar-refractivity contribution in [3.8, 4) is 0 Å². The Labute approximate surface area is 180 Å². The second-order valence-electron chi connectivity index (χ2n) is 7.31. The molecule has 9 heteroatoms. The second-order valence-corrected chi connectivity index (χ2v) is 7.31. The van der Waals surface area contributed by atoms with Crippen molar-refractivity contribution >= 4 is 17.4 Å². The van der Waals surface area contributed by atoms with Crippen LogP contribution in [-0.4, -0.2) is 52.5 Å². The molecule has 1 aliphatic heterocycles. The molecule has 0 spiro atoms. The van der Waals surface area contributed by atoms with Gasteiger partial charge >= 0.3 is 12.2 Å². The molecule has 1 heterocycles. The van der Waals surface area contributed by atoms with E-state index in [9.17, 15) is 18.0 Å². The lowest BCUT2D eigenvalue weighted by Crippen LogP contribution is -2.39. The number of rotatable bonds is 7. The van der Waals surface area contributed by atoms with E-state index in [-0.39, 0.29) is 12.1 Å². The summed E-state index contributed by atoms with van der Waals surface area (Å²) in [5.74, 6) is 0. The van der Waals surface area contributed by atoms with E-state index in [0.717, 1.165) is 11.8 Å². The molecular formula is C22H27F3N4O2. The maximum atomic E-state index is 13.6. The highest BCUT2D eigenvalue weighted by atomic mass is 19.4. The third kappa shape index (κ3) is 6.52. The van der Waals surface area contributed by atoms with Crippen molar-refractivity contribution in [2.24, 2.45) is 0 Å². The Kier molecular flexibility index (Phi) is 7.62. The zero-order valence-corrected chi connectivity index (χ0v) is 17.4. The van der Waals surface area contributed by atoms with Crippen LogP contribution in [0.25, 0.3) is 0 Å². The number of alkyl halides is 3. The molecule has 3 rings (SSSR count). The molecule has 2 amide bonds. The van der Waals surface area contributed by atoms with E-state index >= 15 is 0 Å². The van der Waals surface area contributed by atoms with E-state index in [1.54, 1.807) is 6.07 Å². The summed E-state index contributed by atoms with van der Waals surface area (Å²) in [5, 5.41) is 5.20. The zero-order chi connectivity index (χ0) is 22.3. The van der Waals surface area contributed by atoms with E-state index in [1.165, 1.54) is 6.07 Å². The van der Waals surface area contributed by atoms with Gasteiger partial charge in [0.15, 0.2) is 0 Å². The van der Waals surface area contributed by atoms with Gasteiger partial charge in [0.1, 0.15) is 0 Å². The monoisotopic (exact) mass is 436 g/mol. The van der Waals surface area contributed by atoms with Crippen LogP contribution < -0.4 is 20.4 Å². The molecule has 1 saturated heterocycles. The van der Waals surface area contributed by atoms with Crippen LogP contribution in [0.5, 0.6) is 0 Å². The summed E-state index contributed by atoms with van der Waals surface area (Å²) in [6, 6.07) is 13.4. The quantitative estimate of drug-likeness (QED) is 0.698. The summed E-state index contributed by atoms with van der Waals surface area (Å²) < 4.78 is 46.0. The minimum absolute atomic E-state index is 0.0288. The number of anilines is 2. The predicted molar refractivity (Wildman–Crippen MR) is 114 cm³/mol. The topological polar surface area (TPSA) is 56.8 Å². The first kappa shape index (κ1) is 22.7. The average Bonchev–Trinajstić information content (AvgIpc) is 2.78. The molecule has 2 N–H and O–H groups in total. The largest absolute Gasteiger partial charge is 0.416 e. The van der Waals surface area contributed by atoms with E-state index in [4.69, 9.17) is 4.74 Å². The Balaban J connectivity index is 1.54. The van der Waals surface area contributed by atoms with Gasteiger partial charge in [-0.25, -0.2) is 4.79 Å². The highest BCUT2D eigenvalue weighted by Crippen LogP contribution is 2.35. The third-order valence-corrected chi connectivity index (χ3v) is 5.14. The fourth-order valence-electron chi connectivity index (χ4n) is 3.39. The van der Waals surface area contributed by atoms with E-state index in [2.05, 4.69) is 10.6 Å². The number of hydrogen-bond acceptors (Lipinski definition) is 4. The van der Waals surface area contributed by atoms with Gasteiger partial charge in [0.25, 0.3) is 0 Å². The number of halogens is 3. The molecular weight excluding hydrogens is 409 g/mol. The minimum atomic E-state index is -4.51. The van der Waals surface area contributed by atoms with Gasteiger partial charge in [-0.3, -0.25) is 0 Å². The van der Waals surface area contributed by atoms with Crippen LogP contribution in [-0.2, 0) is 17.5 Å². The number of carbonyl (C=O) groups excluding carboxylic acids is 1. The number of likely N-dealkylation sites (N-methyl/N-ethyl adjacent to an activating group) is 1. The smallest absolute Gasteiger partial charge is 0.378 e. The number of benzene rings is 2. The van der Waals surface area contributed by atoms with Crippen LogP contribution in [0, 0.1) is 0 Å². The van der Waals surface area contributed by atoms with Gasteiger partial charge in [0.05, 0.1) is 18.8 Å². The van der Waals surface area contributed by atoms with Gasteiger partial charge in [-0.2, -0.15) is 13.2 Å². The van der Waals surface area contributed by atoms with Crippen molar-refractivity contribution in [1.29, 1.82) is 0 Å². The first-order valence-corrected chi connectivity index (χ1v) is 10.2. The summed E-state index contributed by atoms with van der Waals surface area (Å²) in [4.78, 5) is 15.9. The fourth-order valence-corrected chi connectivity index (χ4v) is 3.39. The third-order valence-electron chi connectivity index (χ3n) is 5.14. The average molecular weight is 436 g/mol. The predicted octanol–water partition coefficient (Wildman–Crippen LogP) is 3.48. The lowest BCUT2D eigenvalue weighted by Gasteiger charge is -2.29. The number of nitrogens with zero attached hydrogens (tertiary/aromatic N) is 2. The van der Waals surface area contributed by atoms with Crippen molar-refractivity contribution in [3.05, 3.63) is 59.7 Å². The number of ether oxygens (including phenoxy) is 1. The van der Waals surface area contributed by atoms with Crippen molar-refractivity contribution < 1.29 is 22.7 Å². The molecule has 0 aromatic heterocycles. The number of hydrogen-bond donors (Lipinski definition) is 2. The summed E-state index contributed by atoms with van der Waals surface area (Å²) in [6.45, 7) is 2.80. The van der Waals surface area contributed by atoms with Gasteiger partial charge in [0.2, 0.25) is 0 Å².